The second-order valence-electron chi connectivity index (χ2n) is 4.49. The van der Waals surface area contributed by atoms with Crippen molar-refractivity contribution in [3.63, 3.8) is 0 Å². The van der Waals surface area contributed by atoms with E-state index in [-0.39, 0.29) is 0 Å². The van der Waals surface area contributed by atoms with Crippen molar-refractivity contribution in [3.8, 4) is 0 Å². The van der Waals surface area contributed by atoms with Gasteiger partial charge >= 0.3 is 0 Å². The van der Waals surface area contributed by atoms with Gasteiger partial charge in [0.25, 0.3) is 0 Å². The molecule has 0 aliphatic carbocycles. The molecule has 4 nitrogen and oxygen atoms in total. The molecule has 1 aromatic heterocycles. The van der Waals surface area contributed by atoms with Gasteiger partial charge in [-0.1, -0.05) is 18.5 Å². The molecule has 1 unspecified atom stereocenters. The molecule has 1 N–H and O–H groups in total. The highest BCUT2D eigenvalue weighted by Crippen LogP contribution is 2.35. The van der Waals surface area contributed by atoms with Gasteiger partial charge in [0.2, 0.25) is 0 Å². The minimum absolute atomic E-state index is 0.476. The van der Waals surface area contributed by atoms with Crippen LogP contribution in [0.25, 0.3) is 11.0 Å². The zero-order valence-corrected chi connectivity index (χ0v) is 11.8. The summed E-state index contributed by atoms with van der Waals surface area (Å²) in [6.45, 7) is 5.16. The number of piperazine rings is 1. The largest absolute Gasteiger partial charge is 0.363 e. The quantitative estimate of drug-likeness (QED) is 0.919. The summed E-state index contributed by atoms with van der Waals surface area (Å²) >= 11 is 7.64. The maximum absolute atomic E-state index is 6.39. The van der Waals surface area contributed by atoms with E-state index in [1.165, 1.54) is 11.7 Å². The summed E-state index contributed by atoms with van der Waals surface area (Å²) in [5, 5.41) is 4.20. The second-order valence-corrected chi connectivity index (χ2v) is 5.42. The maximum atomic E-state index is 6.39. The molecule has 18 heavy (non-hydrogen) atoms. The lowest BCUT2D eigenvalue weighted by Gasteiger charge is -2.38. The molecular formula is C12H15ClN4S. The second kappa shape index (κ2) is 4.99. The van der Waals surface area contributed by atoms with Crippen molar-refractivity contribution in [2.24, 2.45) is 0 Å². The molecular weight excluding hydrogens is 268 g/mol. The molecule has 2 heterocycles. The predicted octanol–water partition coefficient (Wildman–Crippen LogP) is 2.53. The highest BCUT2D eigenvalue weighted by molar-refractivity contribution is 7.00. The van der Waals surface area contributed by atoms with E-state index in [1.54, 1.807) is 0 Å². The molecule has 0 spiro atoms. The Kier molecular flexibility index (Phi) is 3.37. The fourth-order valence-electron chi connectivity index (χ4n) is 2.51. The normalized spacial score (nSPS) is 20.6. The molecule has 1 atom stereocenters. The molecule has 3 rings (SSSR count). The van der Waals surface area contributed by atoms with Crippen molar-refractivity contribution in [1.82, 2.24) is 14.1 Å². The topological polar surface area (TPSA) is 41.0 Å². The number of aromatic nitrogens is 2. The van der Waals surface area contributed by atoms with Gasteiger partial charge in [-0.25, -0.2) is 0 Å². The Morgan fingerprint density at radius 3 is 3.22 bits per heavy atom. The summed E-state index contributed by atoms with van der Waals surface area (Å²) in [6.07, 6.45) is 1.09. The maximum Gasteiger partial charge on any atom is 0.129 e. The van der Waals surface area contributed by atoms with Crippen LogP contribution in [0.2, 0.25) is 5.02 Å². The van der Waals surface area contributed by atoms with Gasteiger partial charge in [-0.3, -0.25) is 0 Å². The van der Waals surface area contributed by atoms with Crippen LogP contribution in [0.1, 0.15) is 13.3 Å². The number of rotatable bonds is 2. The van der Waals surface area contributed by atoms with E-state index >= 15 is 0 Å². The number of hydrogen-bond donors (Lipinski definition) is 1. The van der Waals surface area contributed by atoms with Crippen LogP contribution >= 0.6 is 23.3 Å². The summed E-state index contributed by atoms with van der Waals surface area (Å²) in [4.78, 5) is 2.38. The number of halogens is 1. The fourth-order valence-corrected chi connectivity index (χ4v) is 3.31. The van der Waals surface area contributed by atoms with Gasteiger partial charge in [-0.05, 0) is 18.6 Å². The van der Waals surface area contributed by atoms with Gasteiger partial charge < -0.3 is 10.2 Å². The lowest BCUT2D eigenvalue weighted by Crippen LogP contribution is -2.51. The summed E-state index contributed by atoms with van der Waals surface area (Å²) in [7, 11) is 0. The summed E-state index contributed by atoms with van der Waals surface area (Å²) in [6, 6.07) is 4.34. The highest BCUT2D eigenvalue weighted by Gasteiger charge is 2.25. The third kappa shape index (κ3) is 1.96. The zero-order chi connectivity index (χ0) is 12.5. The van der Waals surface area contributed by atoms with Gasteiger partial charge in [0.1, 0.15) is 11.0 Å². The Morgan fingerprint density at radius 1 is 1.50 bits per heavy atom. The Balaban J connectivity index is 2.11. The summed E-state index contributed by atoms with van der Waals surface area (Å²) < 4.78 is 8.70. The molecule has 6 heteroatoms. The lowest BCUT2D eigenvalue weighted by molar-refractivity contribution is 0.467. The average molecular weight is 283 g/mol. The highest BCUT2D eigenvalue weighted by atomic mass is 35.5. The van der Waals surface area contributed by atoms with Gasteiger partial charge in [0.05, 0.1) is 22.4 Å². The van der Waals surface area contributed by atoms with Gasteiger partial charge in [0, 0.05) is 25.7 Å². The fraction of sp³-hybridized carbons (Fsp3) is 0.500. The Bertz CT molecular complexity index is 556. The van der Waals surface area contributed by atoms with Crippen LogP contribution in [0.4, 0.5) is 5.69 Å². The number of nitrogens with one attached hydrogen (secondary N) is 1. The van der Waals surface area contributed by atoms with E-state index in [1.807, 2.05) is 12.1 Å². The van der Waals surface area contributed by atoms with Crippen molar-refractivity contribution in [3.05, 3.63) is 17.2 Å². The van der Waals surface area contributed by atoms with Crippen LogP contribution in [0.3, 0.4) is 0 Å². The van der Waals surface area contributed by atoms with Crippen LogP contribution in [0, 0.1) is 0 Å². The van der Waals surface area contributed by atoms with Crippen molar-refractivity contribution < 1.29 is 0 Å². The SMILES string of the molecule is CCC1CNCCN1c1c(Cl)ccc2nsnc12. The van der Waals surface area contributed by atoms with Crippen molar-refractivity contribution in [1.29, 1.82) is 0 Å². The molecule has 0 bridgehead atoms. The third-order valence-corrected chi connectivity index (χ3v) is 4.31. The van der Waals surface area contributed by atoms with Crippen molar-refractivity contribution in [2.75, 3.05) is 24.5 Å². The summed E-state index contributed by atoms with van der Waals surface area (Å²) in [5.74, 6) is 0. The first-order valence-electron chi connectivity index (χ1n) is 6.19. The van der Waals surface area contributed by atoms with Crippen LogP contribution in [0.15, 0.2) is 12.1 Å². The smallest absolute Gasteiger partial charge is 0.129 e. The molecule has 1 aliphatic heterocycles. The number of anilines is 1. The molecule has 1 saturated heterocycles. The van der Waals surface area contributed by atoms with Crippen LogP contribution in [-0.2, 0) is 0 Å². The van der Waals surface area contributed by atoms with Crippen LogP contribution < -0.4 is 10.2 Å². The Hall–Kier alpha value is -0.910. The average Bonchev–Trinajstić information content (AvgIpc) is 2.87. The summed E-state index contributed by atoms with van der Waals surface area (Å²) in [5.41, 5.74) is 2.93. The number of fused-ring (bicyclic) bond motifs is 1. The van der Waals surface area contributed by atoms with Crippen LogP contribution in [-0.4, -0.2) is 34.4 Å². The zero-order valence-electron chi connectivity index (χ0n) is 10.2. The third-order valence-electron chi connectivity index (χ3n) is 3.46. The first-order chi connectivity index (χ1) is 8.81. The predicted molar refractivity (Wildman–Crippen MR) is 76.7 cm³/mol. The first kappa shape index (κ1) is 12.1. The molecule has 1 aromatic carbocycles. The Morgan fingerprint density at radius 2 is 2.39 bits per heavy atom. The molecule has 0 saturated carbocycles. The van der Waals surface area contributed by atoms with Gasteiger partial charge in [0.15, 0.2) is 0 Å². The minimum atomic E-state index is 0.476. The van der Waals surface area contributed by atoms with Crippen LogP contribution in [0.5, 0.6) is 0 Å². The van der Waals surface area contributed by atoms with E-state index in [2.05, 4.69) is 25.9 Å². The van der Waals surface area contributed by atoms with E-state index in [4.69, 9.17) is 11.6 Å². The molecule has 1 fully saturated rings. The lowest BCUT2D eigenvalue weighted by atomic mass is 10.1. The molecule has 2 aromatic rings. The molecule has 96 valence electrons. The van der Waals surface area contributed by atoms with Crippen molar-refractivity contribution in [2.45, 2.75) is 19.4 Å². The van der Waals surface area contributed by atoms with E-state index in [0.717, 1.165) is 47.8 Å². The number of nitrogens with zero attached hydrogens (tertiary/aromatic N) is 3. The van der Waals surface area contributed by atoms with E-state index in [9.17, 15) is 0 Å². The first-order valence-corrected chi connectivity index (χ1v) is 7.30. The van der Waals surface area contributed by atoms with Gasteiger partial charge in [-0.15, -0.1) is 0 Å². The minimum Gasteiger partial charge on any atom is -0.363 e. The van der Waals surface area contributed by atoms with Gasteiger partial charge in [-0.2, -0.15) is 8.75 Å². The van der Waals surface area contributed by atoms with Crippen molar-refractivity contribution >= 4 is 40.0 Å². The van der Waals surface area contributed by atoms with E-state index < -0.39 is 0 Å². The molecule has 0 radical (unpaired) electrons. The Labute approximate surface area is 115 Å². The number of benzene rings is 1. The van der Waals surface area contributed by atoms with E-state index in [0.29, 0.717) is 6.04 Å². The standard InChI is InChI=1S/C12H15ClN4S/c1-2-8-7-14-5-6-17(8)12-9(13)3-4-10-11(12)16-18-15-10/h3-4,8,14H,2,5-7H2,1H3. The molecule has 1 aliphatic rings. The monoisotopic (exact) mass is 282 g/mol. The molecule has 0 amide bonds. The number of hydrogen-bond acceptors (Lipinski definition) is 5.